The van der Waals surface area contributed by atoms with E-state index in [1.54, 1.807) is 18.2 Å². The number of hydrogen-bond acceptors (Lipinski definition) is 4. The summed E-state index contributed by atoms with van der Waals surface area (Å²) in [5.41, 5.74) is 0.400. The topological polar surface area (TPSA) is 52.6 Å². The molecule has 3 unspecified atom stereocenters. The first-order valence-corrected chi connectivity index (χ1v) is 9.29. The van der Waals surface area contributed by atoms with Gasteiger partial charge in [0.05, 0.1) is 5.56 Å². The third kappa shape index (κ3) is 5.07. The van der Waals surface area contributed by atoms with Gasteiger partial charge in [-0.25, -0.2) is 9.59 Å². The van der Waals surface area contributed by atoms with Crippen molar-refractivity contribution in [3.8, 4) is 0 Å². The van der Waals surface area contributed by atoms with Crippen LogP contribution in [-0.4, -0.2) is 24.6 Å². The Hall–Kier alpha value is -1.36. The summed E-state index contributed by atoms with van der Waals surface area (Å²) in [5.74, 6) is 0.403. The van der Waals surface area contributed by atoms with Gasteiger partial charge >= 0.3 is 11.9 Å². The number of halogens is 1. The van der Waals surface area contributed by atoms with E-state index in [2.05, 4.69) is 36.7 Å². The van der Waals surface area contributed by atoms with Crippen LogP contribution in [0.5, 0.6) is 0 Å². The highest BCUT2D eigenvalue weighted by Gasteiger charge is 2.33. The standard InChI is InChI=1S/C19H25BrO4/c1-12(2)14-9-8-13(3)10-17(14)24-18(21)11-23-19(22)15-6-4-5-7-16(15)20/h4-7,12-14,17H,8-11H2,1-3H3. The fourth-order valence-corrected chi connectivity index (χ4v) is 3.73. The molecule has 1 aliphatic carbocycles. The number of carbonyl (C=O) groups excluding carboxylic acids is 2. The molecule has 0 heterocycles. The Balaban J connectivity index is 1.88. The van der Waals surface area contributed by atoms with Crippen molar-refractivity contribution in [3.63, 3.8) is 0 Å². The molecular weight excluding hydrogens is 372 g/mol. The number of carbonyl (C=O) groups is 2. The highest BCUT2D eigenvalue weighted by Crippen LogP contribution is 2.35. The number of esters is 2. The van der Waals surface area contributed by atoms with Crippen molar-refractivity contribution >= 4 is 27.9 Å². The van der Waals surface area contributed by atoms with Crippen molar-refractivity contribution in [2.75, 3.05) is 6.61 Å². The quantitative estimate of drug-likeness (QED) is 0.681. The van der Waals surface area contributed by atoms with Crippen molar-refractivity contribution in [3.05, 3.63) is 34.3 Å². The molecule has 0 N–H and O–H groups in total. The molecule has 0 aromatic heterocycles. The first-order valence-electron chi connectivity index (χ1n) is 8.49. The van der Waals surface area contributed by atoms with Crippen molar-refractivity contribution in [2.45, 2.75) is 46.1 Å². The Morgan fingerprint density at radius 2 is 1.96 bits per heavy atom. The first-order chi connectivity index (χ1) is 11.4. The van der Waals surface area contributed by atoms with E-state index in [1.807, 2.05) is 6.07 Å². The van der Waals surface area contributed by atoms with E-state index in [-0.39, 0.29) is 12.7 Å². The van der Waals surface area contributed by atoms with Gasteiger partial charge in [0.15, 0.2) is 6.61 Å². The van der Waals surface area contributed by atoms with Crippen LogP contribution in [0.15, 0.2) is 28.7 Å². The molecule has 132 valence electrons. The minimum Gasteiger partial charge on any atom is -0.460 e. The second kappa shape index (κ2) is 8.65. The molecule has 0 spiro atoms. The van der Waals surface area contributed by atoms with Crippen LogP contribution in [0.1, 0.15) is 50.4 Å². The Kier molecular flexibility index (Phi) is 6.84. The van der Waals surface area contributed by atoms with Gasteiger partial charge in [-0.2, -0.15) is 0 Å². The molecule has 5 heteroatoms. The van der Waals surface area contributed by atoms with Crippen molar-refractivity contribution in [1.82, 2.24) is 0 Å². The molecule has 4 nitrogen and oxygen atoms in total. The maximum atomic E-state index is 12.1. The van der Waals surface area contributed by atoms with Gasteiger partial charge < -0.3 is 9.47 Å². The lowest BCUT2D eigenvalue weighted by atomic mass is 9.75. The van der Waals surface area contributed by atoms with Gasteiger partial charge in [0.1, 0.15) is 6.10 Å². The van der Waals surface area contributed by atoms with Crippen LogP contribution in [0.3, 0.4) is 0 Å². The van der Waals surface area contributed by atoms with E-state index in [9.17, 15) is 9.59 Å². The van der Waals surface area contributed by atoms with E-state index in [0.29, 0.717) is 27.8 Å². The monoisotopic (exact) mass is 396 g/mol. The van der Waals surface area contributed by atoms with Gasteiger partial charge in [0.25, 0.3) is 0 Å². The maximum Gasteiger partial charge on any atom is 0.344 e. The molecule has 0 amide bonds. The summed E-state index contributed by atoms with van der Waals surface area (Å²) in [4.78, 5) is 24.1. The van der Waals surface area contributed by atoms with Crippen molar-refractivity contribution in [2.24, 2.45) is 17.8 Å². The van der Waals surface area contributed by atoms with Crippen LogP contribution in [0.4, 0.5) is 0 Å². The van der Waals surface area contributed by atoms with E-state index in [1.165, 1.54) is 6.42 Å². The smallest absolute Gasteiger partial charge is 0.344 e. The summed E-state index contributed by atoms with van der Waals surface area (Å²) in [7, 11) is 0. The van der Waals surface area contributed by atoms with Gasteiger partial charge in [-0.05, 0) is 58.7 Å². The number of benzene rings is 1. The number of rotatable bonds is 5. The van der Waals surface area contributed by atoms with Crippen molar-refractivity contribution in [1.29, 1.82) is 0 Å². The van der Waals surface area contributed by atoms with Crippen LogP contribution in [0.25, 0.3) is 0 Å². The molecule has 3 atom stereocenters. The molecule has 1 aromatic carbocycles. The van der Waals surface area contributed by atoms with E-state index in [4.69, 9.17) is 9.47 Å². The number of hydrogen-bond donors (Lipinski definition) is 0. The average Bonchev–Trinajstić information content (AvgIpc) is 2.53. The zero-order valence-electron chi connectivity index (χ0n) is 14.5. The molecule has 1 fully saturated rings. The molecule has 1 saturated carbocycles. The zero-order valence-corrected chi connectivity index (χ0v) is 16.0. The second-order valence-electron chi connectivity index (χ2n) is 6.91. The van der Waals surface area contributed by atoms with Gasteiger partial charge in [0.2, 0.25) is 0 Å². The Bertz CT molecular complexity index is 584. The maximum absolute atomic E-state index is 12.1. The average molecular weight is 397 g/mol. The van der Waals surface area contributed by atoms with Gasteiger partial charge in [-0.15, -0.1) is 0 Å². The fourth-order valence-electron chi connectivity index (χ4n) is 3.28. The van der Waals surface area contributed by atoms with Crippen LogP contribution < -0.4 is 0 Å². The van der Waals surface area contributed by atoms with Crippen LogP contribution in [0, 0.1) is 17.8 Å². The highest BCUT2D eigenvalue weighted by atomic mass is 79.9. The molecular formula is C19H25BrO4. The Morgan fingerprint density at radius 1 is 1.25 bits per heavy atom. The zero-order chi connectivity index (χ0) is 17.7. The SMILES string of the molecule is CC1CCC(C(C)C)C(OC(=O)COC(=O)c2ccccc2Br)C1. The third-order valence-corrected chi connectivity index (χ3v) is 5.35. The molecule has 1 aliphatic rings. The predicted molar refractivity (Wildman–Crippen MR) is 95.6 cm³/mol. The van der Waals surface area contributed by atoms with Gasteiger partial charge in [-0.3, -0.25) is 0 Å². The summed E-state index contributed by atoms with van der Waals surface area (Å²) >= 11 is 3.30. The van der Waals surface area contributed by atoms with Crippen LogP contribution >= 0.6 is 15.9 Å². The third-order valence-electron chi connectivity index (χ3n) is 4.66. The van der Waals surface area contributed by atoms with Gasteiger partial charge in [-0.1, -0.05) is 39.3 Å². The lowest BCUT2D eigenvalue weighted by Crippen LogP contribution is -2.36. The molecule has 2 rings (SSSR count). The van der Waals surface area contributed by atoms with E-state index >= 15 is 0 Å². The lowest BCUT2D eigenvalue weighted by molar-refractivity contribution is -0.159. The molecule has 0 saturated heterocycles. The largest absolute Gasteiger partial charge is 0.460 e. The fraction of sp³-hybridized carbons (Fsp3) is 0.579. The highest BCUT2D eigenvalue weighted by molar-refractivity contribution is 9.10. The first kappa shape index (κ1) is 19.0. The summed E-state index contributed by atoms with van der Waals surface area (Å²) < 4.78 is 11.4. The summed E-state index contributed by atoms with van der Waals surface area (Å²) in [6.45, 7) is 6.16. The Morgan fingerprint density at radius 3 is 2.62 bits per heavy atom. The summed E-state index contributed by atoms with van der Waals surface area (Å²) in [6.07, 6.45) is 3.05. The van der Waals surface area contributed by atoms with Crippen molar-refractivity contribution < 1.29 is 19.1 Å². The molecule has 0 aliphatic heterocycles. The van der Waals surface area contributed by atoms with Crippen LogP contribution in [0.2, 0.25) is 0 Å². The van der Waals surface area contributed by atoms with Gasteiger partial charge in [0, 0.05) is 4.47 Å². The molecule has 0 radical (unpaired) electrons. The molecule has 24 heavy (non-hydrogen) atoms. The van der Waals surface area contributed by atoms with Crippen LogP contribution in [-0.2, 0) is 14.3 Å². The minimum absolute atomic E-state index is 0.0802. The molecule has 1 aromatic rings. The normalized spacial score (nSPS) is 23.8. The summed E-state index contributed by atoms with van der Waals surface area (Å²) in [6, 6.07) is 6.96. The summed E-state index contributed by atoms with van der Waals surface area (Å²) in [5, 5.41) is 0. The van der Waals surface area contributed by atoms with E-state index < -0.39 is 11.9 Å². The minimum atomic E-state index is -0.531. The molecule has 0 bridgehead atoms. The lowest BCUT2D eigenvalue weighted by Gasteiger charge is -2.36. The number of ether oxygens (including phenoxy) is 2. The second-order valence-corrected chi connectivity index (χ2v) is 7.76. The predicted octanol–water partition coefficient (Wildman–Crippen LogP) is 4.61. The van der Waals surface area contributed by atoms with E-state index in [0.717, 1.165) is 12.8 Å². The Labute approximate surface area is 152 Å².